The van der Waals surface area contributed by atoms with Crippen LogP contribution in [0.4, 0.5) is 9.59 Å². The van der Waals surface area contributed by atoms with Crippen LogP contribution in [0, 0.1) is 0 Å². The summed E-state index contributed by atoms with van der Waals surface area (Å²) in [6.07, 6.45) is 1.76. The number of rotatable bonds is 15. The number of carbonyl (C=O) groups excluding carboxylic acids is 12. The monoisotopic (exact) mass is 984 g/mol. The SMILES string of the molecule is CC(=O)C[C@@H](C=O)NC(=O)[C@@H]1CCCN2C(=O)CCN(NC(=O)c3cc(Cl)cc(Cl)c3)C(=O)N12.COc1ccc(C(=O)NN2CCC(=O)N3CCC[C@@H](C(=O)N[C@H](C=O)CC(C)=O)N3C2=O)cc1. The first kappa shape index (κ1) is 51.8. The zero-order valence-electron chi connectivity index (χ0n) is 37.2. The summed E-state index contributed by atoms with van der Waals surface area (Å²) < 4.78 is 5.07. The Morgan fingerprint density at radius 2 is 1.06 bits per heavy atom. The Labute approximate surface area is 399 Å². The molecule has 4 heterocycles. The first-order valence-corrected chi connectivity index (χ1v) is 22.2. The highest BCUT2D eigenvalue weighted by Crippen LogP contribution is 2.26. The lowest BCUT2D eigenvalue weighted by molar-refractivity contribution is -0.156. The van der Waals surface area contributed by atoms with E-state index in [1.807, 2.05) is 0 Å². The molecular weight excluding hydrogens is 935 g/mol. The van der Waals surface area contributed by atoms with E-state index < -0.39 is 65.8 Å². The molecule has 68 heavy (non-hydrogen) atoms. The topological polar surface area (TPSA) is 282 Å². The van der Waals surface area contributed by atoms with Crippen LogP contribution >= 0.6 is 23.2 Å². The van der Waals surface area contributed by atoms with Crippen molar-refractivity contribution in [2.75, 3.05) is 33.3 Å². The molecule has 4 aliphatic heterocycles. The molecule has 23 nitrogen and oxygen atoms in total. The van der Waals surface area contributed by atoms with Gasteiger partial charge in [0.1, 0.15) is 42.0 Å². The van der Waals surface area contributed by atoms with Crippen molar-refractivity contribution < 1.29 is 62.3 Å². The number of ketones is 2. The fraction of sp³-hybridized carbons (Fsp3) is 0.442. The zero-order valence-corrected chi connectivity index (χ0v) is 38.7. The number of hydrogen-bond acceptors (Lipinski definition) is 13. The highest BCUT2D eigenvalue weighted by Gasteiger charge is 2.46. The van der Waals surface area contributed by atoms with E-state index in [-0.39, 0.29) is 103 Å². The number of methoxy groups -OCH3 is 1. The van der Waals surface area contributed by atoms with Gasteiger partial charge in [-0.3, -0.25) is 49.2 Å². The van der Waals surface area contributed by atoms with Crippen molar-refractivity contribution in [2.45, 2.75) is 89.4 Å². The molecule has 0 aliphatic carbocycles. The van der Waals surface area contributed by atoms with E-state index in [1.165, 1.54) is 61.3 Å². The summed E-state index contributed by atoms with van der Waals surface area (Å²) >= 11 is 11.9. The van der Waals surface area contributed by atoms with E-state index >= 15 is 0 Å². The summed E-state index contributed by atoms with van der Waals surface area (Å²) in [7, 11) is 1.50. The molecule has 0 saturated carbocycles. The van der Waals surface area contributed by atoms with Gasteiger partial charge in [-0.15, -0.1) is 0 Å². The van der Waals surface area contributed by atoms with Gasteiger partial charge in [-0.05, 0) is 82.0 Å². The lowest BCUT2D eigenvalue weighted by Crippen LogP contribution is -2.64. The van der Waals surface area contributed by atoms with Crippen LogP contribution < -0.4 is 26.2 Å². The molecule has 4 aliphatic rings. The largest absolute Gasteiger partial charge is 0.497 e. The second-order valence-corrected chi connectivity index (χ2v) is 16.9. The number of urea groups is 2. The number of nitrogens with zero attached hydrogens (tertiary/aromatic N) is 6. The fourth-order valence-electron chi connectivity index (χ4n) is 7.68. The van der Waals surface area contributed by atoms with Gasteiger partial charge in [-0.25, -0.2) is 39.6 Å². The first-order valence-electron chi connectivity index (χ1n) is 21.4. The van der Waals surface area contributed by atoms with Crippen molar-refractivity contribution in [3.8, 4) is 5.75 Å². The quantitative estimate of drug-likeness (QED) is 0.184. The third-order valence-corrected chi connectivity index (χ3v) is 11.3. The molecule has 0 aromatic heterocycles. The van der Waals surface area contributed by atoms with E-state index in [2.05, 4.69) is 21.5 Å². The van der Waals surface area contributed by atoms with E-state index in [4.69, 9.17) is 27.9 Å². The number of benzene rings is 2. The van der Waals surface area contributed by atoms with Gasteiger partial charge in [0.2, 0.25) is 23.6 Å². The minimum absolute atomic E-state index is 0.0548. The third-order valence-electron chi connectivity index (χ3n) is 10.9. The van der Waals surface area contributed by atoms with Crippen LogP contribution in [0.25, 0.3) is 0 Å². The van der Waals surface area contributed by atoms with Gasteiger partial charge in [-0.2, -0.15) is 0 Å². The highest BCUT2D eigenvalue weighted by molar-refractivity contribution is 6.35. The predicted octanol–water partition coefficient (Wildman–Crippen LogP) is 1.37. The van der Waals surface area contributed by atoms with Gasteiger partial charge < -0.3 is 25.0 Å². The average molecular weight is 986 g/mol. The summed E-state index contributed by atoms with van der Waals surface area (Å²) in [5.74, 6) is -3.38. The van der Waals surface area contributed by atoms with Crippen LogP contribution in [0.1, 0.15) is 85.9 Å². The normalized spacial score (nSPS) is 19.1. The van der Waals surface area contributed by atoms with Crippen LogP contribution in [-0.2, 0) is 38.4 Å². The van der Waals surface area contributed by atoms with Gasteiger partial charge in [-0.1, -0.05) is 23.2 Å². The Kier molecular flexibility index (Phi) is 17.9. The number of fused-ring (bicyclic) bond motifs is 2. The molecule has 4 saturated heterocycles. The molecule has 4 N–H and O–H groups in total. The Morgan fingerprint density at radius 3 is 1.44 bits per heavy atom. The first-order chi connectivity index (χ1) is 32.3. The number of hydrogen-bond donors (Lipinski definition) is 4. The third kappa shape index (κ3) is 13.1. The van der Waals surface area contributed by atoms with Gasteiger partial charge >= 0.3 is 12.1 Å². The van der Waals surface area contributed by atoms with Crippen LogP contribution in [0.3, 0.4) is 0 Å². The van der Waals surface area contributed by atoms with Crippen molar-refractivity contribution in [1.82, 2.24) is 51.5 Å². The molecule has 2 aromatic rings. The van der Waals surface area contributed by atoms with Crippen molar-refractivity contribution in [2.24, 2.45) is 0 Å². The van der Waals surface area contributed by atoms with Gasteiger partial charge in [0, 0.05) is 59.9 Å². The highest BCUT2D eigenvalue weighted by atomic mass is 35.5. The van der Waals surface area contributed by atoms with E-state index in [0.717, 1.165) is 20.0 Å². The van der Waals surface area contributed by atoms with E-state index in [9.17, 15) is 57.5 Å². The Hall–Kier alpha value is -7.14. The summed E-state index contributed by atoms with van der Waals surface area (Å²) in [4.78, 5) is 149. The molecule has 25 heteroatoms. The number of halogens is 2. The lowest BCUT2D eigenvalue weighted by atomic mass is 10.1. The number of ether oxygens (including phenoxy) is 1. The molecule has 6 rings (SSSR count). The minimum Gasteiger partial charge on any atom is -0.497 e. The lowest BCUT2D eigenvalue weighted by Gasteiger charge is -2.43. The Bertz CT molecular complexity index is 2320. The maximum absolute atomic E-state index is 13.4. The summed E-state index contributed by atoms with van der Waals surface area (Å²) in [5.41, 5.74) is 5.32. The van der Waals surface area contributed by atoms with Crippen LogP contribution in [0.2, 0.25) is 10.0 Å². The number of Topliss-reactive ketones (excluding diaryl/α,β-unsaturated/α-hetero) is 2. The summed E-state index contributed by atoms with van der Waals surface area (Å²) in [5, 5.41) is 11.7. The molecule has 4 fully saturated rings. The van der Waals surface area contributed by atoms with Crippen molar-refractivity contribution in [3.05, 3.63) is 63.6 Å². The fourth-order valence-corrected chi connectivity index (χ4v) is 8.20. The molecule has 0 bridgehead atoms. The van der Waals surface area contributed by atoms with Crippen molar-refractivity contribution in [1.29, 1.82) is 0 Å². The Morgan fingerprint density at radius 1 is 0.647 bits per heavy atom. The van der Waals surface area contributed by atoms with Crippen LogP contribution in [0.15, 0.2) is 42.5 Å². The van der Waals surface area contributed by atoms with Crippen molar-refractivity contribution in [3.63, 3.8) is 0 Å². The van der Waals surface area contributed by atoms with Crippen LogP contribution in [-0.4, -0.2) is 159 Å². The molecule has 0 spiro atoms. The second kappa shape index (κ2) is 23.5. The molecule has 10 amide bonds. The standard InChI is InChI=1S/C22H27N5O7.C21H23Cl2N5O6/c1-14(29)12-16(13-28)23-21(32)18-4-3-10-26-19(30)9-11-25(22(33)27(18)26)24-20(31)15-5-7-17(34-2)8-6-15;1-12(30)7-16(11-29)24-20(33)17-3-2-5-27-18(31)4-6-26(21(34)28(17)27)25-19(32)13-8-14(22)10-15(23)9-13/h5-8,13,16,18H,3-4,9-12H2,1-2H3,(H,23,32)(H,24,31);8-11,16-17H,2-7H2,1H3,(H,24,33)(H,25,32)/t16-,18-;16-,17-/m00/s1. The van der Waals surface area contributed by atoms with Crippen LogP contribution in [0.5, 0.6) is 5.75 Å². The molecule has 364 valence electrons. The number of nitrogens with one attached hydrogen (secondary N) is 4. The van der Waals surface area contributed by atoms with Gasteiger partial charge in [0.15, 0.2) is 0 Å². The van der Waals surface area contributed by atoms with Crippen molar-refractivity contribution >= 4 is 94.8 Å². The minimum atomic E-state index is -1.11. The van der Waals surface area contributed by atoms with Gasteiger partial charge in [0.05, 0.1) is 32.3 Å². The van der Waals surface area contributed by atoms with E-state index in [0.29, 0.717) is 31.2 Å². The molecular formula is C43H50Cl2N10O13. The van der Waals surface area contributed by atoms with Gasteiger partial charge in [0.25, 0.3) is 11.8 Å². The second-order valence-electron chi connectivity index (χ2n) is 16.0. The average Bonchev–Trinajstić information content (AvgIpc) is 3.50. The molecule has 0 unspecified atom stereocenters. The summed E-state index contributed by atoms with van der Waals surface area (Å²) in [6, 6.07) is 4.61. The predicted molar refractivity (Wildman–Crippen MR) is 238 cm³/mol. The maximum Gasteiger partial charge on any atom is 0.358 e. The summed E-state index contributed by atoms with van der Waals surface area (Å²) in [6.45, 7) is 2.83. The molecule has 0 radical (unpaired) electrons. The molecule has 2 aromatic carbocycles. The number of carbonyl (C=O) groups is 12. The smallest absolute Gasteiger partial charge is 0.358 e. The number of amides is 10. The number of aldehydes is 2. The Balaban J connectivity index is 0.000000254. The maximum atomic E-state index is 13.4. The zero-order chi connectivity index (χ0) is 49.8. The number of hydrazine groups is 4. The van der Waals surface area contributed by atoms with E-state index in [1.54, 1.807) is 12.1 Å². The molecule has 4 atom stereocenters.